The smallest absolute Gasteiger partial charge is 0.215 e. The number of allylic oxidation sites excluding steroid dienone is 1. The number of hydrogen-bond donors (Lipinski definition) is 1. The summed E-state index contributed by atoms with van der Waals surface area (Å²) in [6.07, 6.45) is 6.34. The molecule has 1 aromatic carbocycles. The van der Waals surface area contributed by atoms with E-state index in [2.05, 4.69) is 10.8 Å². The van der Waals surface area contributed by atoms with Crippen molar-refractivity contribution >= 4 is 10.0 Å². The first-order chi connectivity index (χ1) is 9.61. The molecule has 20 heavy (non-hydrogen) atoms. The van der Waals surface area contributed by atoms with Crippen LogP contribution < -0.4 is 4.72 Å². The third-order valence-corrected chi connectivity index (χ3v) is 4.72. The van der Waals surface area contributed by atoms with E-state index in [0.29, 0.717) is 17.7 Å². The maximum absolute atomic E-state index is 12.0. The Hall–Kier alpha value is -1.64. The average Bonchev–Trinajstić information content (AvgIpc) is 2.92. The van der Waals surface area contributed by atoms with Crippen molar-refractivity contribution in [2.45, 2.75) is 31.4 Å². The van der Waals surface area contributed by atoms with Gasteiger partial charge in [-0.25, -0.2) is 13.1 Å². The normalized spacial score (nSPS) is 14.8. The highest BCUT2D eigenvalue weighted by atomic mass is 32.2. The molecule has 0 amide bonds. The first kappa shape index (κ1) is 14.8. The van der Waals surface area contributed by atoms with Gasteiger partial charge in [-0.3, -0.25) is 0 Å². The van der Waals surface area contributed by atoms with Gasteiger partial charge >= 0.3 is 0 Å². The fraction of sp³-hybridized carbons (Fsp3) is 0.400. The molecule has 1 aliphatic carbocycles. The van der Waals surface area contributed by atoms with Gasteiger partial charge in [0, 0.05) is 6.54 Å². The maximum atomic E-state index is 12.0. The number of hydrogen-bond acceptors (Lipinski definition) is 3. The van der Waals surface area contributed by atoms with Crippen molar-refractivity contribution in [3.63, 3.8) is 0 Å². The Morgan fingerprint density at radius 2 is 2.10 bits per heavy atom. The highest BCUT2D eigenvalue weighted by molar-refractivity contribution is 7.88. The van der Waals surface area contributed by atoms with Crippen LogP contribution in [0.5, 0.6) is 0 Å². The molecule has 0 unspecified atom stereocenters. The maximum Gasteiger partial charge on any atom is 0.215 e. The standard InChI is InChI=1S/C15H18N2O2S/c16-11-14-7-3-4-8-15(14)12-20(18,19)17-10-9-13-5-1-2-6-13/h3-5,7-8,17H,1-2,6,9-10,12H2. The molecule has 0 aromatic heterocycles. The summed E-state index contributed by atoms with van der Waals surface area (Å²) in [5, 5.41) is 8.96. The Morgan fingerprint density at radius 3 is 2.80 bits per heavy atom. The van der Waals surface area contributed by atoms with E-state index in [4.69, 9.17) is 5.26 Å². The summed E-state index contributed by atoms with van der Waals surface area (Å²) >= 11 is 0. The molecular weight excluding hydrogens is 272 g/mol. The van der Waals surface area contributed by atoms with Crippen LogP contribution in [0.15, 0.2) is 35.9 Å². The molecule has 0 saturated carbocycles. The Kier molecular flexibility index (Phi) is 4.94. The van der Waals surface area contributed by atoms with E-state index in [9.17, 15) is 8.42 Å². The predicted molar refractivity (Wildman–Crippen MR) is 78.3 cm³/mol. The minimum Gasteiger partial charge on any atom is -0.215 e. The summed E-state index contributed by atoms with van der Waals surface area (Å²) in [4.78, 5) is 0. The van der Waals surface area contributed by atoms with Gasteiger partial charge in [0.1, 0.15) is 0 Å². The summed E-state index contributed by atoms with van der Waals surface area (Å²) in [7, 11) is -3.39. The molecule has 0 bridgehead atoms. The van der Waals surface area contributed by atoms with Crippen LogP contribution in [0.1, 0.15) is 36.8 Å². The van der Waals surface area contributed by atoms with Crippen molar-refractivity contribution in [2.75, 3.05) is 6.54 Å². The lowest BCUT2D eigenvalue weighted by molar-refractivity contribution is 0.580. The monoisotopic (exact) mass is 290 g/mol. The second-order valence-electron chi connectivity index (χ2n) is 4.93. The number of sulfonamides is 1. The van der Waals surface area contributed by atoms with Crippen LogP contribution in [0.25, 0.3) is 0 Å². The summed E-state index contributed by atoms with van der Waals surface area (Å²) in [5.41, 5.74) is 2.30. The fourth-order valence-corrected chi connectivity index (χ4v) is 3.52. The predicted octanol–water partition coefficient (Wildman–Crippen LogP) is 2.48. The SMILES string of the molecule is N#Cc1ccccc1CS(=O)(=O)NCCC1=CCCC1. The van der Waals surface area contributed by atoms with Crippen molar-refractivity contribution in [1.82, 2.24) is 4.72 Å². The zero-order chi connectivity index (χ0) is 14.4. The molecule has 106 valence electrons. The van der Waals surface area contributed by atoms with Gasteiger partial charge in [-0.2, -0.15) is 5.26 Å². The Bertz CT molecular complexity index is 642. The molecule has 0 aliphatic heterocycles. The molecule has 2 rings (SSSR count). The van der Waals surface area contributed by atoms with E-state index in [-0.39, 0.29) is 5.75 Å². The topological polar surface area (TPSA) is 70.0 Å². The van der Waals surface area contributed by atoms with Crippen molar-refractivity contribution < 1.29 is 8.42 Å². The lowest BCUT2D eigenvalue weighted by Gasteiger charge is -2.08. The van der Waals surface area contributed by atoms with Crippen molar-refractivity contribution in [3.05, 3.63) is 47.0 Å². The minimum atomic E-state index is -3.39. The highest BCUT2D eigenvalue weighted by Crippen LogP contribution is 2.20. The molecular formula is C15H18N2O2S. The number of nitrogens with zero attached hydrogens (tertiary/aromatic N) is 1. The van der Waals surface area contributed by atoms with Gasteiger partial charge in [-0.05, 0) is 37.3 Å². The molecule has 4 nitrogen and oxygen atoms in total. The molecule has 1 aliphatic rings. The second-order valence-corrected chi connectivity index (χ2v) is 6.73. The lowest BCUT2D eigenvalue weighted by atomic mass is 10.1. The van der Waals surface area contributed by atoms with Crippen LogP contribution in [0.4, 0.5) is 0 Å². The van der Waals surface area contributed by atoms with Gasteiger partial charge in [0.05, 0.1) is 17.4 Å². The van der Waals surface area contributed by atoms with E-state index < -0.39 is 10.0 Å². The number of nitriles is 1. The fourth-order valence-electron chi connectivity index (χ4n) is 2.34. The van der Waals surface area contributed by atoms with Gasteiger partial charge in [0.15, 0.2) is 0 Å². The molecule has 0 heterocycles. The van der Waals surface area contributed by atoms with Gasteiger partial charge in [0.2, 0.25) is 10.0 Å². The number of benzene rings is 1. The molecule has 0 radical (unpaired) electrons. The van der Waals surface area contributed by atoms with Crippen molar-refractivity contribution in [1.29, 1.82) is 5.26 Å². The first-order valence-corrected chi connectivity index (χ1v) is 8.39. The highest BCUT2D eigenvalue weighted by Gasteiger charge is 2.14. The third-order valence-electron chi connectivity index (χ3n) is 3.39. The van der Waals surface area contributed by atoms with Crippen LogP contribution in [-0.2, 0) is 15.8 Å². The largest absolute Gasteiger partial charge is 0.215 e. The van der Waals surface area contributed by atoms with Crippen molar-refractivity contribution in [2.24, 2.45) is 0 Å². The minimum absolute atomic E-state index is 0.143. The van der Waals surface area contributed by atoms with Gasteiger partial charge in [-0.15, -0.1) is 0 Å². The lowest BCUT2D eigenvalue weighted by Crippen LogP contribution is -2.26. The van der Waals surface area contributed by atoms with E-state index in [0.717, 1.165) is 19.3 Å². The molecule has 1 aromatic rings. The van der Waals surface area contributed by atoms with E-state index in [1.54, 1.807) is 24.3 Å². The van der Waals surface area contributed by atoms with E-state index >= 15 is 0 Å². The first-order valence-electron chi connectivity index (χ1n) is 6.74. The molecule has 0 fully saturated rings. The van der Waals surface area contributed by atoms with Crippen LogP contribution >= 0.6 is 0 Å². The van der Waals surface area contributed by atoms with Crippen LogP contribution in [-0.4, -0.2) is 15.0 Å². The average molecular weight is 290 g/mol. The molecule has 0 atom stereocenters. The summed E-state index contributed by atoms with van der Waals surface area (Å²) in [6, 6.07) is 8.80. The van der Waals surface area contributed by atoms with E-state index in [1.165, 1.54) is 12.0 Å². The van der Waals surface area contributed by atoms with E-state index in [1.807, 2.05) is 6.07 Å². The third kappa shape index (κ3) is 4.19. The second kappa shape index (κ2) is 6.69. The molecule has 0 saturated heterocycles. The molecule has 0 spiro atoms. The summed E-state index contributed by atoms with van der Waals surface area (Å²) in [6.45, 7) is 0.433. The van der Waals surface area contributed by atoms with Gasteiger partial charge in [0.25, 0.3) is 0 Å². The molecule has 1 N–H and O–H groups in total. The Balaban J connectivity index is 1.92. The number of nitrogens with one attached hydrogen (secondary N) is 1. The van der Waals surface area contributed by atoms with Crippen LogP contribution in [0.2, 0.25) is 0 Å². The Morgan fingerprint density at radius 1 is 1.30 bits per heavy atom. The zero-order valence-electron chi connectivity index (χ0n) is 11.3. The Labute approximate surface area is 120 Å². The molecule has 5 heteroatoms. The van der Waals surface area contributed by atoms with Crippen LogP contribution in [0, 0.1) is 11.3 Å². The number of rotatable bonds is 6. The van der Waals surface area contributed by atoms with Gasteiger partial charge in [-0.1, -0.05) is 29.8 Å². The quantitative estimate of drug-likeness (QED) is 0.818. The van der Waals surface area contributed by atoms with Crippen LogP contribution in [0.3, 0.4) is 0 Å². The summed E-state index contributed by atoms with van der Waals surface area (Å²) in [5.74, 6) is -0.143. The zero-order valence-corrected chi connectivity index (χ0v) is 12.1. The summed E-state index contributed by atoms with van der Waals surface area (Å²) < 4.78 is 26.6. The van der Waals surface area contributed by atoms with Gasteiger partial charge < -0.3 is 0 Å². The van der Waals surface area contributed by atoms with Crippen molar-refractivity contribution in [3.8, 4) is 6.07 Å².